The molecule has 3 rings (SSSR count). The summed E-state index contributed by atoms with van der Waals surface area (Å²) in [6, 6.07) is 23.6. The molecule has 0 saturated heterocycles. The molecule has 0 atom stereocenters. The van der Waals surface area contributed by atoms with E-state index in [-0.39, 0.29) is 5.91 Å². The molecule has 1 amide bonds. The number of carbonyl (C=O) groups is 1. The molecule has 3 aromatic carbocycles. The smallest absolute Gasteiger partial charge is 0.216 e. The van der Waals surface area contributed by atoms with Crippen molar-refractivity contribution in [2.45, 2.75) is 19.8 Å². The van der Waals surface area contributed by atoms with Crippen LogP contribution in [0.1, 0.15) is 23.6 Å². The van der Waals surface area contributed by atoms with Gasteiger partial charge in [0.2, 0.25) is 5.91 Å². The zero-order valence-corrected chi connectivity index (χ0v) is 13.4. The Morgan fingerprint density at radius 2 is 1.74 bits per heavy atom. The van der Waals surface area contributed by atoms with Crippen LogP contribution < -0.4 is 5.32 Å². The van der Waals surface area contributed by atoms with E-state index < -0.39 is 0 Å². The first kappa shape index (κ1) is 15.3. The van der Waals surface area contributed by atoms with E-state index in [0.29, 0.717) is 6.54 Å². The van der Waals surface area contributed by atoms with Crippen LogP contribution in [0.3, 0.4) is 0 Å². The average Bonchev–Trinajstić information content (AvgIpc) is 2.56. The van der Waals surface area contributed by atoms with Crippen LogP contribution in [0.2, 0.25) is 0 Å². The van der Waals surface area contributed by atoms with Crippen molar-refractivity contribution >= 4 is 16.7 Å². The van der Waals surface area contributed by atoms with Crippen molar-refractivity contribution in [2.24, 2.45) is 0 Å². The van der Waals surface area contributed by atoms with Gasteiger partial charge in [-0.25, -0.2) is 0 Å². The Bertz CT molecular complexity index is 808. The van der Waals surface area contributed by atoms with E-state index in [2.05, 4.69) is 66.0 Å². The summed E-state index contributed by atoms with van der Waals surface area (Å²) in [6.07, 6.45) is 1.79. The standard InChI is InChI=1S/C21H21NO/c1-16(23)22-13-12-20-9-5-8-19-11-10-18(15-21(19)20)14-17-6-3-2-4-7-17/h2-11,15H,12-14H2,1H3,(H,22,23). The third kappa shape index (κ3) is 3.98. The highest BCUT2D eigenvalue weighted by Gasteiger charge is 2.04. The lowest BCUT2D eigenvalue weighted by atomic mass is 9.97. The summed E-state index contributed by atoms with van der Waals surface area (Å²) in [4.78, 5) is 11.0. The van der Waals surface area contributed by atoms with Crippen LogP contribution in [-0.4, -0.2) is 12.5 Å². The van der Waals surface area contributed by atoms with Crippen molar-refractivity contribution in [3.05, 3.63) is 83.4 Å². The highest BCUT2D eigenvalue weighted by molar-refractivity contribution is 5.86. The Labute approximate surface area is 137 Å². The van der Waals surface area contributed by atoms with E-state index in [1.165, 1.54) is 27.5 Å². The quantitative estimate of drug-likeness (QED) is 0.755. The van der Waals surface area contributed by atoms with Crippen LogP contribution in [0.4, 0.5) is 0 Å². The van der Waals surface area contributed by atoms with Crippen molar-refractivity contribution in [2.75, 3.05) is 6.54 Å². The van der Waals surface area contributed by atoms with E-state index in [1.54, 1.807) is 6.92 Å². The molecule has 0 aromatic heterocycles. The van der Waals surface area contributed by atoms with Crippen molar-refractivity contribution in [3.8, 4) is 0 Å². The number of benzene rings is 3. The Balaban J connectivity index is 1.86. The van der Waals surface area contributed by atoms with Gasteiger partial charge in [-0.05, 0) is 40.3 Å². The normalized spacial score (nSPS) is 10.7. The zero-order chi connectivity index (χ0) is 16.1. The Hall–Kier alpha value is -2.61. The monoisotopic (exact) mass is 303 g/mol. The third-order valence-electron chi connectivity index (χ3n) is 4.06. The zero-order valence-electron chi connectivity index (χ0n) is 13.4. The number of fused-ring (bicyclic) bond motifs is 1. The Morgan fingerprint density at radius 3 is 2.52 bits per heavy atom. The Morgan fingerprint density at radius 1 is 0.913 bits per heavy atom. The topological polar surface area (TPSA) is 29.1 Å². The fraction of sp³-hybridized carbons (Fsp3) is 0.190. The lowest BCUT2D eigenvalue weighted by molar-refractivity contribution is -0.118. The van der Waals surface area contributed by atoms with Gasteiger partial charge >= 0.3 is 0 Å². The second-order valence-corrected chi connectivity index (χ2v) is 5.87. The van der Waals surface area contributed by atoms with Gasteiger partial charge in [0.25, 0.3) is 0 Å². The summed E-state index contributed by atoms with van der Waals surface area (Å²) in [5, 5.41) is 5.41. The van der Waals surface area contributed by atoms with Gasteiger partial charge in [0.05, 0.1) is 0 Å². The minimum atomic E-state index is 0.0232. The first-order valence-electron chi connectivity index (χ1n) is 8.01. The molecule has 2 nitrogen and oxygen atoms in total. The molecule has 23 heavy (non-hydrogen) atoms. The van der Waals surface area contributed by atoms with Gasteiger partial charge in [0.1, 0.15) is 0 Å². The highest BCUT2D eigenvalue weighted by Crippen LogP contribution is 2.22. The maximum Gasteiger partial charge on any atom is 0.216 e. The number of nitrogens with one attached hydrogen (secondary N) is 1. The van der Waals surface area contributed by atoms with Gasteiger partial charge in [-0.1, -0.05) is 66.7 Å². The molecule has 116 valence electrons. The van der Waals surface area contributed by atoms with Crippen LogP contribution in [0.15, 0.2) is 66.7 Å². The van der Waals surface area contributed by atoms with Crippen LogP contribution >= 0.6 is 0 Å². The van der Waals surface area contributed by atoms with Gasteiger partial charge < -0.3 is 5.32 Å². The van der Waals surface area contributed by atoms with Gasteiger partial charge in [-0.15, -0.1) is 0 Å². The number of carbonyl (C=O) groups excluding carboxylic acids is 1. The molecule has 0 radical (unpaired) electrons. The molecular formula is C21H21NO. The second-order valence-electron chi connectivity index (χ2n) is 5.87. The summed E-state index contributed by atoms with van der Waals surface area (Å²) in [7, 11) is 0. The van der Waals surface area contributed by atoms with E-state index in [0.717, 1.165) is 12.8 Å². The van der Waals surface area contributed by atoms with Crippen molar-refractivity contribution < 1.29 is 4.79 Å². The molecule has 0 bridgehead atoms. The second kappa shape index (κ2) is 7.10. The lowest BCUT2D eigenvalue weighted by Gasteiger charge is -2.09. The largest absolute Gasteiger partial charge is 0.356 e. The molecule has 0 aliphatic rings. The van der Waals surface area contributed by atoms with E-state index >= 15 is 0 Å². The third-order valence-corrected chi connectivity index (χ3v) is 4.06. The minimum Gasteiger partial charge on any atom is -0.356 e. The molecule has 0 spiro atoms. The maximum absolute atomic E-state index is 11.0. The molecule has 0 aliphatic heterocycles. The van der Waals surface area contributed by atoms with E-state index in [4.69, 9.17) is 0 Å². The van der Waals surface area contributed by atoms with Gasteiger partial charge in [-0.3, -0.25) is 4.79 Å². The Kier molecular flexibility index (Phi) is 4.72. The first-order chi connectivity index (χ1) is 11.2. The summed E-state index contributed by atoms with van der Waals surface area (Å²) in [5.41, 5.74) is 3.92. The molecule has 3 aromatic rings. The molecule has 0 fully saturated rings. The first-order valence-corrected chi connectivity index (χ1v) is 8.01. The van der Waals surface area contributed by atoms with Crippen molar-refractivity contribution in [3.63, 3.8) is 0 Å². The van der Waals surface area contributed by atoms with Crippen LogP contribution in [-0.2, 0) is 17.6 Å². The van der Waals surface area contributed by atoms with Gasteiger partial charge in [0, 0.05) is 13.5 Å². The fourth-order valence-electron chi connectivity index (χ4n) is 2.92. The number of amides is 1. The number of rotatable bonds is 5. The van der Waals surface area contributed by atoms with E-state index in [9.17, 15) is 4.79 Å². The molecule has 1 N–H and O–H groups in total. The number of hydrogen-bond acceptors (Lipinski definition) is 1. The molecule has 0 heterocycles. The van der Waals surface area contributed by atoms with Crippen LogP contribution in [0, 0.1) is 0 Å². The predicted octanol–water partition coefficient (Wildman–Crippen LogP) is 4.11. The van der Waals surface area contributed by atoms with Gasteiger partial charge in [-0.2, -0.15) is 0 Å². The summed E-state index contributed by atoms with van der Waals surface area (Å²) < 4.78 is 0. The minimum absolute atomic E-state index is 0.0232. The summed E-state index contributed by atoms with van der Waals surface area (Å²) >= 11 is 0. The molecular weight excluding hydrogens is 282 g/mol. The SMILES string of the molecule is CC(=O)NCCc1cccc2ccc(Cc3ccccc3)cc12. The van der Waals surface area contributed by atoms with Crippen LogP contribution in [0.25, 0.3) is 10.8 Å². The van der Waals surface area contributed by atoms with Crippen LogP contribution in [0.5, 0.6) is 0 Å². The summed E-state index contributed by atoms with van der Waals surface area (Å²) in [6.45, 7) is 2.23. The molecule has 0 aliphatic carbocycles. The lowest BCUT2D eigenvalue weighted by Crippen LogP contribution is -2.22. The molecule has 2 heteroatoms. The van der Waals surface area contributed by atoms with E-state index in [1.807, 2.05) is 6.07 Å². The van der Waals surface area contributed by atoms with Gasteiger partial charge in [0.15, 0.2) is 0 Å². The maximum atomic E-state index is 11.0. The molecule has 0 unspecified atom stereocenters. The van der Waals surface area contributed by atoms with Crippen molar-refractivity contribution in [1.82, 2.24) is 5.32 Å². The summed E-state index contributed by atoms with van der Waals surface area (Å²) in [5.74, 6) is 0.0232. The fourth-order valence-corrected chi connectivity index (χ4v) is 2.92. The molecule has 0 saturated carbocycles. The predicted molar refractivity (Wildman–Crippen MR) is 95.6 cm³/mol. The highest BCUT2D eigenvalue weighted by atomic mass is 16.1. The average molecular weight is 303 g/mol. The van der Waals surface area contributed by atoms with Crippen molar-refractivity contribution in [1.29, 1.82) is 0 Å². The number of hydrogen-bond donors (Lipinski definition) is 1.